The highest BCUT2D eigenvalue weighted by atomic mass is 35.5. The fourth-order valence-electron chi connectivity index (χ4n) is 3.98. The Morgan fingerprint density at radius 3 is 2.24 bits per heavy atom. The topological polar surface area (TPSA) is 121 Å². The zero-order valence-electron chi connectivity index (χ0n) is 20.4. The lowest BCUT2D eigenvalue weighted by Gasteiger charge is -2.23. The van der Waals surface area contributed by atoms with Crippen molar-refractivity contribution >= 4 is 55.6 Å². The van der Waals surface area contributed by atoms with Crippen LogP contribution >= 0.6 is 11.6 Å². The van der Waals surface area contributed by atoms with E-state index in [1.54, 1.807) is 18.2 Å². The summed E-state index contributed by atoms with van der Waals surface area (Å²) in [6.45, 7) is -0.559. The number of nitrogens with one attached hydrogen (secondary N) is 2. The molecule has 0 aliphatic carbocycles. The number of anilines is 3. The van der Waals surface area contributed by atoms with E-state index in [0.29, 0.717) is 27.3 Å². The number of benzene rings is 3. The third-order valence-electron chi connectivity index (χ3n) is 5.70. The summed E-state index contributed by atoms with van der Waals surface area (Å²) in [5.74, 6) is 0.160. The monoisotopic (exact) mass is 543 g/mol. The van der Waals surface area contributed by atoms with E-state index >= 15 is 0 Å². The maximum atomic E-state index is 12.9. The first-order valence-electron chi connectivity index (χ1n) is 11.2. The van der Waals surface area contributed by atoms with Crippen LogP contribution in [0.1, 0.15) is 10.4 Å². The van der Waals surface area contributed by atoms with Crippen molar-refractivity contribution in [3.05, 3.63) is 71.2 Å². The molecule has 0 aliphatic heterocycles. The number of methoxy groups -OCH3 is 1. The Morgan fingerprint density at radius 1 is 1.08 bits per heavy atom. The predicted molar refractivity (Wildman–Crippen MR) is 146 cm³/mol. The van der Waals surface area contributed by atoms with Crippen LogP contribution in [0.4, 0.5) is 17.1 Å². The SMILES string of the molecule is CNC(=O)c1c(-c2ccc(Nc3ccc(Cl)cc3)cc2)oc2cc(N(CCO)S(C)(=O)=O)c(OC)cc12. The molecule has 194 valence electrons. The number of fused-ring (bicyclic) bond motifs is 1. The molecule has 3 aromatic carbocycles. The first-order valence-corrected chi connectivity index (χ1v) is 13.5. The molecule has 1 amide bonds. The number of hydrogen-bond donors (Lipinski definition) is 3. The molecule has 0 spiro atoms. The van der Waals surface area contributed by atoms with Crippen LogP contribution < -0.4 is 19.7 Å². The van der Waals surface area contributed by atoms with Crippen LogP contribution in [-0.2, 0) is 10.0 Å². The second-order valence-electron chi connectivity index (χ2n) is 8.17. The number of halogens is 1. The van der Waals surface area contributed by atoms with Crippen LogP contribution in [0, 0.1) is 0 Å². The molecule has 3 N–H and O–H groups in total. The number of amides is 1. The van der Waals surface area contributed by atoms with Crippen LogP contribution in [0.3, 0.4) is 0 Å². The van der Waals surface area contributed by atoms with Crippen LogP contribution in [0.15, 0.2) is 65.1 Å². The number of aliphatic hydroxyl groups excluding tert-OH is 1. The lowest BCUT2D eigenvalue weighted by Crippen LogP contribution is -2.32. The fraction of sp³-hybridized carbons (Fsp3) is 0.192. The van der Waals surface area contributed by atoms with Gasteiger partial charge in [-0.2, -0.15) is 0 Å². The van der Waals surface area contributed by atoms with Crippen molar-refractivity contribution in [3.63, 3.8) is 0 Å². The third kappa shape index (κ3) is 5.51. The molecular weight excluding hydrogens is 518 g/mol. The van der Waals surface area contributed by atoms with Gasteiger partial charge in [0.15, 0.2) is 0 Å². The number of sulfonamides is 1. The Labute approximate surface area is 219 Å². The number of hydrogen-bond acceptors (Lipinski definition) is 7. The zero-order chi connectivity index (χ0) is 26.7. The number of aliphatic hydroxyl groups is 1. The van der Waals surface area contributed by atoms with Gasteiger partial charge in [0.2, 0.25) is 10.0 Å². The molecule has 0 fully saturated rings. The maximum absolute atomic E-state index is 12.9. The average Bonchev–Trinajstić information content (AvgIpc) is 3.25. The van der Waals surface area contributed by atoms with Gasteiger partial charge in [0.1, 0.15) is 17.1 Å². The largest absolute Gasteiger partial charge is 0.495 e. The van der Waals surface area contributed by atoms with Gasteiger partial charge >= 0.3 is 0 Å². The van der Waals surface area contributed by atoms with Gasteiger partial charge in [-0.3, -0.25) is 9.10 Å². The molecular formula is C26H26ClN3O6S. The van der Waals surface area contributed by atoms with Gasteiger partial charge < -0.3 is 24.9 Å². The van der Waals surface area contributed by atoms with Crippen molar-refractivity contribution in [3.8, 4) is 17.1 Å². The molecule has 0 bridgehead atoms. The highest BCUT2D eigenvalue weighted by Gasteiger charge is 2.27. The van der Waals surface area contributed by atoms with Gasteiger partial charge in [-0.05, 0) is 54.6 Å². The molecule has 0 atom stereocenters. The normalized spacial score (nSPS) is 11.4. The molecule has 0 radical (unpaired) electrons. The molecule has 4 rings (SSSR count). The molecule has 0 saturated carbocycles. The van der Waals surface area contributed by atoms with E-state index in [0.717, 1.165) is 21.9 Å². The summed E-state index contributed by atoms with van der Waals surface area (Å²) in [4.78, 5) is 12.9. The van der Waals surface area contributed by atoms with Crippen LogP contribution in [0.25, 0.3) is 22.3 Å². The van der Waals surface area contributed by atoms with Crippen molar-refractivity contribution in [2.45, 2.75) is 0 Å². The van der Waals surface area contributed by atoms with Crippen molar-refractivity contribution in [1.82, 2.24) is 5.32 Å². The van der Waals surface area contributed by atoms with Gasteiger partial charge in [-0.1, -0.05) is 11.6 Å². The van der Waals surface area contributed by atoms with Crippen LogP contribution in [0.5, 0.6) is 5.75 Å². The standard InChI is InChI=1S/C26H26ClN3O6S/c1-28-26(32)24-20-14-23(35-2)21(30(12-13-31)37(3,33)34)15-22(20)36-25(24)16-4-8-18(9-5-16)29-19-10-6-17(27)7-11-19/h4-11,14-15,29,31H,12-13H2,1-3H3,(H,28,32). The summed E-state index contributed by atoms with van der Waals surface area (Å²) in [7, 11) is -0.817. The average molecular weight is 544 g/mol. The number of carbonyl (C=O) groups excluding carboxylic acids is 1. The van der Waals surface area contributed by atoms with E-state index in [9.17, 15) is 18.3 Å². The molecule has 0 saturated heterocycles. The zero-order valence-corrected chi connectivity index (χ0v) is 22.0. The lowest BCUT2D eigenvalue weighted by atomic mass is 10.0. The Hall–Kier alpha value is -3.73. The number of furan rings is 1. The van der Waals surface area contributed by atoms with Crippen molar-refractivity contribution in [1.29, 1.82) is 0 Å². The predicted octanol–water partition coefficient (Wildman–Crippen LogP) is 4.62. The molecule has 0 aliphatic rings. The maximum Gasteiger partial charge on any atom is 0.255 e. The third-order valence-corrected chi connectivity index (χ3v) is 7.13. The van der Waals surface area contributed by atoms with Gasteiger partial charge in [-0.25, -0.2) is 8.42 Å². The van der Waals surface area contributed by atoms with E-state index in [-0.39, 0.29) is 29.5 Å². The van der Waals surface area contributed by atoms with E-state index in [2.05, 4.69) is 10.6 Å². The first kappa shape index (κ1) is 26.3. The summed E-state index contributed by atoms with van der Waals surface area (Å²) >= 11 is 5.95. The van der Waals surface area contributed by atoms with E-state index in [1.807, 2.05) is 36.4 Å². The summed E-state index contributed by atoms with van der Waals surface area (Å²) in [6.07, 6.45) is 1.04. The van der Waals surface area contributed by atoms with Crippen molar-refractivity contribution < 1.29 is 27.5 Å². The summed E-state index contributed by atoms with van der Waals surface area (Å²) < 4.78 is 37.4. The Balaban J connectivity index is 1.81. The number of rotatable bonds is 9. The fourth-order valence-corrected chi connectivity index (χ4v) is 5.02. The molecule has 37 heavy (non-hydrogen) atoms. The molecule has 1 aromatic heterocycles. The van der Waals surface area contributed by atoms with Crippen LogP contribution in [-0.4, -0.2) is 53.0 Å². The minimum absolute atomic E-state index is 0.168. The first-order chi connectivity index (χ1) is 17.7. The quantitative estimate of drug-likeness (QED) is 0.281. The number of nitrogens with zero attached hydrogens (tertiary/aromatic N) is 1. The lowest BCUT2D eigenvalue weighted by molar-refractivity contribution is 0.0964. The molecule has 0 unspecified atom stereocenters. The van der Waals surface area contributed by atoms with Gasteiger partial charge in [0.25, 0.3) is 5.91 Å². The molecule has 1 heterocycles. The molecule has 4 aromatic rings. The van der Waals surface area contributed by atoms with Gasteiger partial charge in [0.05, 0.1) is 37.8 Å². The van der Waals surface area contributed by atoms with Gasteiger partial charge in [0, 0.05) is 40.5 Å². The minimum Gasteiger partial charge on any atom is -0.495 e. The van der Waals surface area contributed by atoms with Crippen LogP contribution in [0.2, 0.25) is 5.02 Å². The smallest absolute Gasteiger partial charge is 0.255 e. The van der Waals surface area contributed by atoms with E-state index < -0.39 is 16.6 Å². The van der Waals surface area contributed by atoms with Crippen molar-refractivity contribution in [2.24, 2.45) is 0 Å². The Bertz CT molecular complexity index is 1530. The second kappa shape index (κ2) is 10.7. The summed E-state index contributed by atoms with van der Waals surface area (Å²) in [5.41, 5.74) is 3.10. The van der Waals surface area contributed by atoms with E-state index in [4.69, 9.17) is 20.8 Å². The Kier molecular flexibility index (Phi) is 7.63. The Morgan fingerprint density at radius 2 is 1.70 bits per heavy atom. The second-order valence-corrected chi connectivity index (χ2v) is 10.5. The molecule has 9 nitrogen and oxygen atoms in total. The highest BCUT2D eigenvalue weighted by Crippen LogP contribution is 2.41. The van der Waals surface area contributed by atoms with Crippen molar-refractivity contribution in [2.75, 3.05) is 43.2 Å². The molecule has 11 heteroatoms. The highest BCUT2D eigenvalue weighted by molar-refractivity contribution is 7.92. The van der Waals surface area contributed by atoms with Gasteiger partial charge in [-0.15, -0.1) is 0 Å². The number of ether oxygens (including phenoxy) is 1. The summed E-state index contributed by atoms with van der Waals surface area (Å²) in [6, 6.07) is 17.7. The summed E-state index contributed by atoms with van der Waals surface area (Å²) in [5, 5.41) is 16.4. The van der Waals surface area contributed by atoms with E-state index in [1.165, 1.54) is 20.2 Å². The minimum atomic E-state index is -3.73. The number of carbonyl (C=O) groups is 1.